The van der Waals surface area contributed by atoms with E-state index in [0.717, 1.165) is 16.9 Å². The third kappa shape index (κ3) is 4.06. The van der Waals surface area contributed by atoms with E-state index in [1.165, 1.54) is 12.1 Å². The fourth-order valence-electron chi connectivity index (χ4n) is 3.94. The molecule has 2 aromatic carbocycles. The Labute approximate surface area is 199 Å². The van der Waals surface area contributed by atoms with E-state index in [0.29, 0.717) is 21.7 Å². The van der Waals surface area contributed by atoms with Gasteiger partial charge in [0.2, 0.25) is 0 Å². The second-order valence-corrected chi connectivity index (χ2v) is 8.30. The molecule has 0 spiro atoms. The van der Waals surface area contributed by atoms with E-state index in [9.17, 15) is 10.1 Å². The summed E-state index contributed by atoms with van der Waals surface area (Å²) in [7, 11) is 0. The maximum Gasteiger partial charge on any atom is 0.269 e. The minimum atomic E-state index is -0.427. The Morgan fingerprint density at radius 1 is 1.03 bits per heavy atom. The zero-order valence-electron chi connectivity index (χ0n) is 17.1. The van der Waals surface area contributed by atoms with Gasteiger partial charge in [-0.25, -0.2) is 0 Å². The minimum Gasteiger partial charge on any atom is -0.459 e. The summed E-state index contributed by atoms with van der Waals surface area (Å²) in [6.07, 6.45) is 1.74. The maximum absolute atomic E-state index is 11.0. The number of furan rings is 1. The molecule has 164 valence electrons. The molecule has 1 fully saturated rings. The van der Waals surface area contributed by atoms with E-state index in [1.807, 2.05) is 59.5 Å². The Bertz CT molecular complexity index is 1310. The molecule has 4 aromatic rings. The van der Waals surface area contributed by atoms with Gasteiger partial charge in [-0.05, 0) is 72.9 Å². The lowest BCUT2D eigenvalue weighted by Crippen LogP contribution is -2.29. The SMILES string of the molecule is O=[N+]([O-])c1ccc(-c2ccc([C@@H]3[C@H](c4ccccn4)NC(=S)N3c3ccc(Cl)cc3)o2)cc1. The number of rotatable bonds is 5. The van der Waals surface area contributed by atoms with Crippen molar-refractivity contribution in [2.45, 2.75) is 12.1 Å². The summed E-state index contributed by atoms with van der Waals surface area (Å²) in [6.45, 7) is 0. The Hall–Kier alpha value is -3.75. The number of nitro groups is 1. The highest BCUT2D eigenvalue weighted by Crippen LogP contribution is 2.43. The van der Waals surface area contributed by atoms with Crippen molar-refractivity contribution < 1.29 is 9.34 Å². The molecule has 0 aliphatic carbocycles. The van der Waals surface area contributed by atoms with Crippen LogP contribution in [0.2, 0.25) is 5.02 Å². The van der Waals surface area contributed by atoms with Gasteiger partial charge in [-0.1, -0.05) is 17.7 Å². The predicted molar refractivity (Wildman–Crippen MR) is 130 cm³/mol. The Morgan fingerprint density at radius 3 is 2.45 bits per heavy atom. The number of hydrogen-bond acceptors (Lipinski definition) is 5. The molecule has 2 atom stereocenters. The lowest BCUT2D eigenvalue weighted by Gasteiger charge is -2.26. The van der Waals surface area contributed by atoms with Gasteiger partial charge in [-0.3, -0.25) is 15.1 Å². The number of halogens is 1. The topological polar surface area (TPSA) is 84.4 Å². The summed E-state index contributed by atoms with van der Waals surface area (Å²) >= 11 is 11.8. The van der Waals surface area contributed by atoms with Gasteiger partial charge in [-0.2, -0.15) is 0 Å². The van der Waals surface area contributed by atoms with E-state index >= 15 is 0 Å². The van der Waals surface area contributed by atoms with Crippen molar-refractivity contribution in [3.05, 3.63) is 112 Å². The van der Waals surface area contributed by atoms with Crippen LogP contribution in [0.25, 0.3) is 11.3 Å². The molecule has 33 heavy (non-hydrogen) atoms. The molecule has 5 rings (SSSR count). The summed E-state index contributed by atoms with van der Waals surface area (Å²) in [4.78, 5) is 17.1. The van der Waals surface area contributed by atoms with Crippen LogP contribution in [0.5, 0.6) is 0 Å². The number of anilines is 1. The first-order chi connectivity index (χ1) is 16.0. The molecule has 1 N–H and O–H groups in total. The van der Waals surface area contributed by atoms with E-state index in [2.05, 4.69) is 10.3 Å². The van der Waals surface area contributed by atoms with Crippen molar-refractivity contribution in [2.75, 3.05) is 4.90 Å². The monoisotopic (exact) mass is 476 g/mol. The first-order valence-electron chi connectivity index (χ1n) is 10.1. The van der Waals surface area contributed by atoms with Crippen LogP contribution in [0, 0.1) is 10.1 Å². The quantitative estimate of drug-likeness (QED) is 0.212. The van der Waals surface area contributed by atoms with Crippen molar-refractivity contribution in [2.24, 2.45) is 0 Å². The second-order valence-electron chi connectivity index (χ2n) is 7.48. The third-order valence-electron chi connectivity index (χ3n) is 5.48. The largest absolute Gasteiger partial charge is 0.459 e. The first kappa shape index (κ1) is 21.1. The average Bonchev–Trinajstić information content (AvgIpc) is 3.45. The fourth-order valence-corrected chi connectivity index (χ4v) is 4.41. The van der Waals surface area contributed by atoms with Gasteiger partial charge in [0.05, 0.1) is 16.7 Å². The molecule has 0 bridgehead atoms. The first-order valence-corrected chi connectivity index (χ1v) is 10.9. The summed E-state index contributed by atoms with van der Waals surface area (Å²) < 4.78 is 6.26. The van der Waals surface area contributed by atoms with Crippen molar-refractivity contribution in [3.8, 4) is 11.3 Å². The highest BCUT2D eigenvalue weighted by Gasteiger charge is 2.42. The van der Waals surface area contributed by atoms with Gasteiger partial charge in [-0.15, -0.1) is 0 Å². The van der Waals surface area contributed by atoms with Crippen LogP contribution in [-0.4, -0.2) is 15.0 Å². The van der Waals surface area contributed by atoms with Crippen molar-refractivity contribution in [1.82, 2.24) is 10.3 Å². The van der Waals surface area contributed by atoms with Gasteiger partial charge < -0.3 is 14.6 Å². The number of aromatic nitrogens is 1. The van der Waals surface area contributed by atoms with E-state index in [4.69, 9.17) is 28.2 Å². The number of nitrogens with zero attached hydrogens (tertiary/aromatic N) is 3. The Kier molecular flexibility index (Phi) is 5.53. The van der Waals surface area contributed by atoms with Crippen molar-refractivity contribution >= 4 is 40.3 Å². The number of benzene rings is 2. The Morgan fingerprint density at radius 2 is 1.79 bits per heavy atom. The van der Waals surface area contributed by atoms with Crippen LogP contribution >= 0.6 is 23.8 Å². The van der Waals surface area contributed by atoms with Gasteiger partial charge in [0.15, 0.2) is 5.11 Å². The molecular formula is C24H17ClN4O3S. The molecule has 7 nitrogen and oxygen atoms in total. The highest BCUT2D eigenvalue weighted by atomic mass is 35.5. The Balaban J connectivity index is 1.56. The van der Waals surface area contributed by atoms with Crippen molar-refractivity contribution in [1.29, 1.82) is 0 Å². The van der Waals surface area contributed by atoms with Crippen LogP contribution in [0.1, 0.15) is 23.5 Å². The van der Waals surface area contributed by atoms with Gasteiger partial charge in [0.25, 0.3) is 5.69 Å². The number of nitro benzene ring substituents is 1. The number of non-ortho nitro benzene ring substituents is 1. The normalized spacial score (nSPS) is 17.7. The van der Waals surface area contributed by atoms with Crippen LogP contribution in [-0.2, 0) is 0 Å². The van der Waals surface area contributed by atoms with Crippen LogP contribution in [0.15, 0.2) is 89.5 Å². The maximum atomic E-state index is 11.0. The molecule has 1 saturated heterocycles. The van der Waals surface area contributed by atoms with Gasteiger partial charge in [0, 0.05) is 34.6 Å². The second kappa shape index (κ2) is 8.65. The molecule has 0 radical (unpaired) electrons. The smallest absolute Gasteiger partial charge is 0.269 e. The molecular weight excluding hydrogens is 460 g/mol. The average molecular weight is 477 g/mol. The molecule has 9 heteroatoms. The fraction of sp³-hybridized carbons (Fsp3) is 0.0833. The van der Waals surface area contributed by atoms with Crippen molar-refractivity contribution in [3.63, 3.8) is 0 Å². The summed E-state index contributed by atoms with van der Waals surface area (Å²) in [6, 6.07) is 22.6. The zero-order valence-corrected chi connectivity index (χ0v) is 18.7. The molecule has 0 unspecified atom stereocenters. The van der Waals surface area contributed by atoms with Gasteiger partial charge >= 0.3 is 0 Å². The number of nitrogens with one attached hydrogen (secondary N) is 1. The van der Waals surface area contributed by atoms with Crippen LogP contribution in [0.3, 0.4) is 0 Å². The van der Waals surface area contributed by atoms with Gasteiger partial charge in [0.1, 0.15) is 17.6 Å². The molecule has 1 aliphatic heterocycles. The lowest BCUT2D eigenvalue weighted by molar-refractivity contribution is -0.384. The number of pyridine rings is 1. The molecule has 1 aliphatic rings. The van der Waals surface area contributed by atoms with Crippen LogP contribution < -0.4 is 10.2 Å². The van der Waals surface area contributed by atoms with E-state index in [-0.39, 0.29) is 17.8 Å². The molecule has 0 amide bonds. The standard InChI is InChI=1S/C24H17ClN4O3S/c25-16-6-10-17(11-7-16)28-23(22(27-24(28)33)19-3-1-2-14-26-19)21-13-12-20(32-21)15-4-8-18(9-5-15)29(30)31/h1-14,22-23H,(H,27,33)/t22-,23+/m0/s1. The molecule has 0 saturated carbocycles. The molecule has 3 heterocycles. The minimum absolute atomic E-state index is 0.0278. The summed E-state index contributed by atoms with van der Waals surface area (Å²) in [5.74, 6) is 1.29. The van der Waals surface area contributed by atoms with E-state index in [1.54, 1.807) is 18.3 Å². The molecule has 2 aromatic heterocycles. The number of hydrogen-bond donors (Lipinski definition) is 1. The highest BCUT2D eigenvalue weighted by molar-refractivity contribution is 7.80. The number of thiocarbonyl (C=S) groups is 1. The summed E-state index contributed by atoms with van der Waals surface area (Å²) in [5.41, 5.74) is 2.47. The predicted octanol–water partition coefficient (Wildman–Crippen LogP) is 6.08. The zero-order chi connectivity index (χ0) is 22.9. The van der Waals surface area contributed by atoms with E-state index < -0.39 is 4.92 Å². The summed E-state index contributed by atoms with van der Waals surface area (Å²) in [5, 5.41) is 15.5. The lowest BCUT2D eigenvalue weighted by atomic mass is 10.0. The van der Waals surface area contributed by atoms with Crippen LogP contribution in [0.4, 0.5) is 11.4 Å². The third-order valence-corrected chi connectivity index (χ3v) is 6.05.